The summed E-state index contributed by atoms with van der Waals surface area (Å²) >= 11 is 1.41. The molecule has 1 aliphatic carbocycles. The Balaban J connectivity index is 2.31. The molecular formula is C14H21NO3S. The highest BCUT2D eigenvalue weighted by Gasteiger charge is 2.39. The SMILES string of the molecule is COC(=O)c1sc(C2(OC)CCC(C)CC2)nc1C. The van der Waals surface area contributed by atoms with Crippen molar-refractivity contribution in [1.82, 2.24) is 4.98 Å². The van der Waals surface area contributed by atoms with Crippen molar-refractivity contribution in [2.45, 2.75) is 45.1 Å². The number of esters is 1. The van der Waals surface area contributed by atoms with Crippen LogP contribution in [-0.4, -0.2) is 25.2 Å². The van der Waals surface area contributed by atoms with Crippen molar-refractivity contribution in [3.05, 3.63) is 15.6 Å². The number of nitrogens with zero attached hydrogens (tertiary/aromatic N) is 1. The van der Waals surface area contributed by atoms with Gasteiger partial charge in [-0.15, -0.1) is 11.3 Å². The van der Waals surface area contributed by atoms with E-state index in [9.17, 15) is 4.79 Å². The molecule has 5 heteroatoms. The van der Waals surface area contributed by atoms with E-state index in [1.165, 1.54) is 18.4 Å². The number of aryl methyl sites for hydroxylation is 1. The number of methoxy groups -OCH3 is 2. The third-order valence-electron chi connectivity index (χ3n) is 4.03. The maximum Gasteiger partial charge on any atom is 0.349 e. The molecule has 1 heterocycles. The van der Waals surface area contributed by atoms with Crippen molar-refractivity contribution in [2.75, 3.05) is 14.2 Å². The van der Waals surface area contributed by atoms with Crippen molar-refractivity contribution >= 4 is 17.3 Å². The summed E-state index contributed by atoms with van der Waals surface area (Å²) in [6.07, 6.45) is 4.22. The lowest BCUT2D eigenvalue weighted by Gasteiger charge is -2.36. The van der Waals surface area contributed by atoms with Crippen LogP contribution in [0.3, 0.4) is 0 Å². The standard InChI is InChI=1S/C14H21NO3S/c1-9-5-7-14(18-4,8-6-9)13-15-10(2)11(19-13)12(16)17-3/h9H,5-8H2,1-4H3. The number of ether oxygens (including phenoxy) is 2. The summed E-state index contributed by atoms with van der Waals surface area (Å²) in [5.74, 6) is 0.432. The lowest BCUT2D eigenvalue weighted by Crippen LogP contribution is -2.33. The van der Waals surface area contributed by atoms with Gasteiger partial charge < -0.3 is 9.47 Å². The zero-order valence-corrected chi connectivity index (χ0v) is 12.8. The van der Waals surface area contributed by atoms with Crippen molar-refractivity contribution in [1.29, 1.82) is 0 Å². The minimum Gasteiger partial charge on any atom is -0.465 e. The normalized spacial score (nSPS) is 27.3. The van der Waals surface area contributed by atoms with E-state index < -0.39 is 0 Å². The zero-order chi connectivity index (χ0) is 14.0. The van der Waals surface area contributed by atoms with Crippen molar-refractivity contribution in [3.8, 4) is 0 Å². The van der Waals surface area contributed by atoms with Gasteiger partial charge in [-0.05, 0) is 38.5 Å². The second-order valence-electron chi connectivity index (χ2n) is 5.31. The number of thiazole rings is 1. The van der Waals surface area contributed by atoms with Gasteiger partial charge in [-0.25, -0.2) is 9.78 Å². The minimum atomic E-state index is -0.311. The molecule has 0 saturated heterocycles. The van der Waals surface area contributed by atoms with Crippen LogP contribution in [0.2, 0.25) is 0 Å². The fourth-order valence-corrected chi connectivity index (χ4v) is 3.82. The molecule has 4 nitrogen and oxygen atoms in total. The maximum absolute atomic E-state index is 11.7. The van der Waals surface area contributed by atoms with Crippen LogP contribution in [0, 0.1) is 12.8 Å². The molecule has 0 amide bonds. The van der Waals surface area contributed by atoms with Crippen LogP contribution >= 0.6 is 11.3 Å². The van der Waals surface area contributed by atoms with Crippen LogP contribution in [0.15, 0.2) is 0 Å². The molecule has 1 saturated carbocycles. The smallest absolute Gasteiger partial charge is 0.349 e. The van der Waals surface area contributed by atoms with Gasteiger partial charge in [-0.2, -0.15) is 0 Å². The van der Waals surface area contributed by atoms with E-state index in [-0.39, 0.29) is 11.6 Å². The van der Waals surface area contributed by atoms with Gasteiger partial charge in [0.05, 0.1) is 12.8 Å². The van der Waals surface area contributed by atoms with E-state index in [2.05, 4.69) is 11.9 Å². The van der Waals surface area contributed by atoms with Gasteiger partial charge in [-0.1, -0.05) is 6.92 Å². The number of rotatable bonds is 3. The molecular weight excluding hydrogens is 262 g/mol. The Kier molecular flexibility index (Phi) is 4.26. The predicted octanol–water partition coefficient (Wildman–Crippen LogP) is 3.29. The summed E-state index contributed by atoms with van der Waals surface area (Å²) in [7, 11) is 3.14. The first-order valence-electron chi connectivity index (χ1n) is 6.64. The maximum atomic E-state index is 11.7. The van der Waals surface area contributed by atoms with E-state index in [0.717, 1.165) is 42.3 Å². The van der Waals surface area contributed by atoms with Crippen molar-refractivity contribution in [2.24, 2.45) is 5.92 Å². The molecule has 0 radical (unpaired) electrons. The van der Waals surface area contributed by atoms with Gasteiger partial charge in [0.15, 0.2) is 0 Å². The summed E-state index contributed by atoms with van der Waals surface area (Å²) in [6.45, 7) is 4.12. The Labute approximate surface area is 118 Å². The van der Waals surface area contributed by atoms with Crippen LogP contribution in [0.1, 0.15) is 53.0 Å². The monoisotopic (exact) mass is 283 g/mol. The summed E-state index contributed by atoms with van der Waals surface area (Å²) < 4.78 is 10.6. The molecule has 1 fully saturated rings. The van der Waals surface area contributed by atoms with Gasteiger partial charge in [-0.3, -0.25) is 0 Å². The second kappa shape index (κ2) is 5.59. The van der Waals surface area contributed by atoms with Crippen LogP contribution in [0.4, 0.5) is 0 Å². The summed E-state index contributed by atoms with van der Waals surface area (Å²) in [5, 5.41) is 0.916. The number of hydrogen-bond donors (Lipinski definition) is 0. The quantitative estimate of drug-likeness (QED) is 0.799. The molecule has 0 atom stereocenters. The first kappa shape index (κ1) is 14.5. The van der Waals surface area contributed by atoms with Gasteiger partial charge in [0.2, 0.25) is 0 Å². The molecule has 19 heavy (non-hydrogen) atoms. The highest BCUT2D eigenvalue weighted by molar-refractivity contribution is 7.13. The van der Waals surface area contributed by atoms with Gasteiger partial charge in [0.25, 0.3) is 0 Å². The average Bonchev–Trinajstić information content (AvgIpc) is 2.82. The predicted molar refractivity (Wildman–Crippen MR) is 74.5 cm³/mol. The summed E-state index contributed by atoms with van der Waals surface area (Å²) in [4.78, 5) is 16.8. The molecule has 0 N–H and O–H groups in total. The van der Waals surface area contributed by atoms with E-state index in [0.29, 0.717) is 4.88 Å². The van der Waals surface area contributed by atoms with E-state index >= 15 is 0 Å². The van der Waals surface area contributed by atoms with Gasteiger partial charge >= 0.3 is 5.97 Å². The zero-order valence-electron chi connectivity index (χ0n) is 12.0. The summed E-state index contributed by atoms with van der Waals surface area (Å²) in [5.41, 5.74) is 0.427. The minimum absolute atomic E-state index is 0.309. The Morgan fingerprint density at radius 1 is 1.37 bits per heavy atom. The molecule has 0 unspecified atom stereocenters. The van der Waals surface area contributed by atoms with E-state index in [4.69, 9.17) is 9.47 Å². The van der Waals surface area contributed by atoms with Crippen molar-refractivity contribution < 1.29 is 14.3 Å². The first-order valence-corrected chi connectivity index (χ1v) is 7.45. The van der Waals surface area contributed by atoms with E-state index in [1.54, 1.807) is 7.11 Å². The molecule has 0 spiro atoms. The molecule has 106 valence electrons. The van der Waals surface area contributed by atoms with Crippen LogP contribution < -0.4 is 0 Å². The molecule has 0 bridgehead atoms. The third kappa shape index (κ3) is 2.67. The number of carbonyl (C=O) groups excluding carboxylic acids is 1. The Morgan fingerprint density at radius 3 is 2.53 bits per heavy atom. The Morgan fingerprint density at radius 2 is 2.00 bits per heavy atom. The number of carbonyl (C=O) groups is 1. The summed E-state index contributed by atoms with van der Waals surface area (Å²) in [6, 6.07) is 0. The van der Waals surface area contributed by atoms with Gasteiger partial charge in [0.1, 0.15) is 15.5 Å². The Bertz CT molecular complexity index is 461. The lowest BCUT2D eigenvalue weighted by molar-refractivity contribution is -0.0531. The fraction of sp³-hybridized carbons (Fsp3) is 0.714. The third-order valence-corrected chi connectivity index (χ3v) is 5.35. The number of aromatic nitrogens is 1. The first-order chi connectivity index (χ1) is 9.02. The second-order valence-corrected chi connectivity index (χ2v) is 6.31. The largest absolute Gasteiger partial charge is 0.465 e. The van der Waals surface area contributed by atoms with Crippen LogP contribution in [-0.2, 0) is 15.1 Å². The van der Waals surface area contributed by atoms with E-state index in [1.807, 2.05) is 6.92 Å². The van der Waals surface area contributed by atoms with Gasteiger partial charge in [0, 0.05) is 7.11 Å². The molecule has 2 rings (SSSR count). The van der Waals surface area contributed by atoms with Crippen LogP contribution in [0.25, 0.3) is 0 Å². The Hall–Kier alpha value is -0.940. The molecule has 1 aromatic rings. The molecule has 0 aromatic carbocycles. The van der Waals surface area contributed by atoms with Crippen molar-refractivity contribution in [3.63, 3.8) is 0 Å². The molecule has 1 aliphatic rings. The molecule has 0 aliphatic heterocycles. The molecule has 1 aromatic heterocycles. The topological polar surface area (TPSA) is 48.4 Å². The highest BCUT2D eigenvalue weighted by atomic mass is 32.1. The number of hydrogen-bond acceptors (Lipinski definition) is 5. The average molecular weight is 283 g/mol. The van der Waals surface area contributed by atoms with Crippen LogP contribution in [0.5, 0.6) is 0 Å². The fourth-order valence-electron chi connectivity index (χ4n) is 2.61. The lowest BCUT2D eigenvalue weighted by atomic mass is 9.80. The highest BCUT2D eigenvalue weighted by Crippen LogP contribution is 2.44.